The van der Waals surface area contributed by atoms with Crippen LogP contribution < -0.4 is 9.46 Å². The molecular weight excluding hydrogens is 539 g/mol. The largest absolute Gasteiger partial charge is 0.492 e. The number of ether oxygens (including phenoxy) is 1. The molecule has 0 radical (unpaired) electrons. The lowest BCUT2D eigenvalue weighted by Gasteiger charge is -2.39. The fourth-order valence-electron chi connectivity index (χ4n) is 5.78. The van der Waals surface area contributed by atoms with Crippen LogP contribution in [0.15, 0.2) is 36.4 Å². The minimum Gasteiger partial charge on any atom is -0.492 e. The molecule has 9 heteroatoms. The van der Waals surface area contributed by atoms with Gasteiger partial charge in [-0.3, -0.25) is 4.90 Å². The molecule has 2 fully saturated rings. The minimum absolute atomic E-state index is 0. The Morgan fingerprint density at radius 3 is 2.44 bits per heavy atom. The molecule has 0 aromatic heterocycles. The van der Waals surface area contributed by atoms with Gasteiger partial charge >= 0.3 is 0 Å². The van der Waals surface area contributed by atoms with Gasteiger partial charge < -0.3 is 4.74 Å². The van der Waals surface area contributed by atoms with Crippen LogP contribution in [-0.2, 0) is 22.9 Å². The molecule has 1 N–H and O–H groups in total. The lowest BCUT2D eigenvalue weighted by Crippen LogP contribution is -2.41. The van der Waals surface area contributed by atoms with Crippen LogP contribution in [0.25, 0.3) is 0 Å². The predicted octanol–water partition coefficient (Wildman–Crippen LogP) is 6.00. The second-order valence-electron chi connectivity index (χ2n) is 10.1. The number of nitrogens with zero attached hydrogens (tertiary/aromatic N) is 1. The highest BCUT2D eigenvalue weighted by Gasteiger charge is 2.35. The molecule has 1 saturated carbocycles. The van der Waals surface area contributed by atoms with E-state index in [-0.39, 0.29) is 17.7 Å². The summed E-state index contributed by atoms with van der Waals surface area (Å²) < 4.78 is 33.2. The van der Waals surface area contributed by atoms with Crippen LogP contribution in [0.4, 0.5) is 0 Å². The number of rotatable bonds is 9. The third-order valence-electron chi connectivity index (χ3n) is 7.91. The van der Waals surface area contributed by atoms with Crippen LogP contribution in [0.1, 0.15) is 61.1 Å². The first-order valence-corrected chi connectivity index (χ1v) is 15.1. The molecule has 198 valence electrons. The molecule has 2 atom stereocenters. The third kappa shape index (κ3) is 6.33. The predicted molar refractivity (Wildman–Crippen MR) is 150 cm³/mol. The Labute approximate surface area is 231 Å². The quantitative estimate of drug-likeness (QED) is 0.374. The molecule has 5 rings (SSSR count). The zero-order chi connectivity index (χ0) is 24.4. The molecule has 3 aliphatic rings. The van der Waals surface area contributed by atoms with Crippen molar-refractivity contribution in [3.8, 4) is 5.75 Å². The van der Waals surface area contributed by atoms with Gasteiger partial charge in [-0.05, 0) is 99.0 Å². The lowest BCUT2D eigenvalue weighted by molar-refractivity contribution is 0.188. The highest BCUT2D eigenvalue weighted by molar-refractivity contribution is 7.90. The summed E-state index contributed by atoms with van der Waals surface area (Å²) >= 11 is 12.5. The van der Waals surface area contributed by atoms with E-state index in [4.69, 9.17) is 27.9 Å². The van der Waals surface area contributed by atoms with Crippen molar-refractivity contribution in [3.05, 3.63) is 63.1 Å². The first-order valence-electron chi connectivity index (χ1n) is 12.8. The number of hydrogen-bond donors (Lipinski definition) is 1. The number of likely N-dealkylation sites (tertiary alicyclic amines) is 1. The molecule has 2 unspecified atom stereocenters. The molecule has 1 heterocycles. The van der Waals surface area contributed by atoms with Crippen molar-refractivity contribution in [1.29, 1.82) is 0 Å². The summed E-state index contributed by atoms with van der Waals surface area (Å²) in [6.07, 6.45) is 8.18. The topological polar surface area (TPSA) is 58.6 Å². The van der Waals surface area contributed by atoms with Crippen molar-refractivity contribution in [2.24, 2.45) is 0 Å². The van der Waals surface area contributed by atoms with Crippen molar-refractivity contribution in [3.63, 3.8) is 0 Å². The van der Waals surface area contributed by atoms with E-state index in [0.717, 1.165) is 57.4 Å². The van der Waals surface area contributed by atoms with Crippen molar-refractivity contribution in [2.45, 2.75) is 68.6 Å². The molecule has 36 heavy (non-hydrogen) atoms. The van der Waals surface area contributed by atoms with Crippen molar-refractivity contribution in [1.82, 2.24) is 9.62 Å². The molecular formula is C27H35Cl3N2O3S. The average molecular weight is 574 g/mol. The van der Waals surface area contributed by atoms with E-state index in [0.29, 0.717) is 35.2 Å². The van der Waals surface area contributed by atoms with Crippen molar-refractivity contribution < 1.29 is 13.2 Å². The summed E-state index contributed by atoms with van der Waals surface area (Å²) in [6, 6.07) is 12.8. The third-order valence-corrected chi connectivity index (χ3v) is 10.6. The second kappa shape index (κ2) is 12.2. The van der Waals surface area contributed by atoms with Gasteiger partial charge in [0, 0.05) is 18.5 Å². The van der Waals surface area contributed by atoms with Gasteiger partial charge in [0.1, 0.15) is 12.4 Å². The van der Waals surface area contributed by atoms with E-state index in [2.05, 4.69) is 27.8 Å². The number of nitrogens with one attached hydrogen (secondary N) is 1. The Kier molecular flexibility index (Phi) is 9.51. The molecule has 0 amide bonds. The maximum Gasteiger partial charge on any atom is 0.214 e. The Morgan fingerprint density at radius 2 is 1.75 bits per heavy atom. The summed E-state index contributed by atoms with van der Waals surface area (Å²) in [5.74, 6) is 1.14. The molecule has 1 saturated heterocycles. The molecule has 1 aliphatic heterocycles. The molecule has 0 bridgehead atoms. The van der Waals surface area contributed by atoms with E-state index >= 15 is 0 Å². The number of hydrogen-bond acceptors (Lipinski definition) is 4. The van der Waals surface area contributed by atoms with Crippen LogP contribution in [0, 0.1) is 0 Å². The average Bonchev–Trinajstić information content (AvgIpc) is 3.33. The monoisotopic (exact) mass is 572 g/mol. The number of fused-ring (bicyclic) bond motifs is 1. The first kappa shape index (κ1) is 28.0. The zero-order valence-corrected chi connectivity index (χ0v) is 23.6. The smallest absolute Gasteiger partial charge is 0.214 e. The molecule has 2 aliphatic carbocycles. The summed E-state index contributed by atoms with van der Waals surface area (Å²) in [4.78, 5) is 2.66. The summed E-state index contributed by atoms with van der Waals surface area (Å²) in [7, 11) is -3.21. The molecule has 0 spiro atoms. The lowest BCUT2D eigenvalue weighted by atomic mass is 9.75. The maximum atomic E-state index is 12.3. The number of benzene rings is 2. The second-order valence-corrected chi connectivity index (χ2v) is 13.0. The van der Waals surface area contributed by atoms with Crippen molar-refractivity contribution in [2.75, 3.05) is 26.2 Å². The normalized spacial score (nSPS) is 22.5. The Bertz CT molecular complexity index is 1150. The van der Waals surface area contributed by atoms with Gasteiger partial charge in [0.15, 0.2) is 0 Å². The van der Waals surface area contributed by atoms with Crippen LogP contribution in [0.5, 0.6) is 5.75 Å². The fourth-order valence-corrected chi connectivity index (χ4v) is 7.65. The molecule has 2 aromatic carbocycles. The van der Waals surface area contributed by atoms with Crippen LogP contribution >= 0.6 is 35.6 Å². The summed E-state index contributed by atoms with van der Waals surface area (Å²) in [5, 5.41) is 0.953. The van der Waals surface area contributed by atoms with Gasteiger partial charge in [0.05, 0.1) is 15.3 Å². The van der Waals surface area contributed by atoms with E-state index < -0.39 is 10.0 Å². The molecule has 2 aromatic rings. The Morgan fingerprint density at radius 1 is 0.972 bits per heavy atom. The zero-order valence-electron chi connectivity index (χ0n) is 20.4. The Balaban J connectivity index is 0.00000304. The van der Waals surface area contributed by atoms with Gasteiger partial charge in [-0.2, -0.15) is 0 Å². The van der Waals surface area contributed by atoms with Crippen LogP contribution in [0.3, 0.4) is 0 Å². The number of halogens is 3. The SMILES string of the molecule is Cl.O=S(=O)(NCCOc1ccc2c(c1)C(Cc1ccc(Cl)c(Cl)c1)C(N1CCCC1)CC2)C1CCC1. The van der Waals surface area contributed by atoms with Crippen LogP contribution in [-0.4, -0.2) is 50.9 Å². The van der Waals surface area contributed by atoms with E-state index in [1.165, 1.54) is 29.5 Å². The maximum absolute atomic E-state index is 12.3. The Hall–Kier alpha value is -1.02. The number of sulfonamides is 1. The van der Waals surface area contributed by atoms with Crippen molar-refractivity contribution >= 4 is 45.6 Å². The highest BCUT2D eigenvalue weighted by atomic mass is 35.5. The van der Waals surface area contributed by atoms with Gasteiger partial charge in [-0.25, -0.2) is 13.1 Å². The summed E-state index contributed by atoms with van der Waals surface area (Å²) in [5.41, 5.74) is 3.91. The van der Waals surface area contributed by atoms with E-state index in [9.17, 15) is 8.42 Å². The summed E-state index contributed by atoms with van der Waals surface area (Å²) in [6.45, 7) is 2.93. The van der Waals surface area contributed by atoms with E-state index in [1.807, 2.05) is 18.2 Å². The minimum atomic E-state index is -3.21. The highest BCUT2D eigenvalue weighted by Crippen LogP contribution is 2.40. The van der Waals surface area contributed by atoms with Gasteiger partial charge in [-0.1, -0.05) is 41.8 Å². The van der Waals surface area contributed by atoms with Gasteiger partial charge in [-0.15, -0.1) is 12.4 Å². The fraction of sp³-hybridized carbons (Fsp3) is 0.556. The van der Waals surface area contributed by atoms with E-state index in [1.54, 1.807) is 0 Å². The van der Waals surface area contributed by atoms with Gasteiger partial charge in [0.2, 0.25) is 10.0 Å². The van der Waals surface area contributed by atoms with Crippen LogP contribution in [0.2, 0.25) is 10.0 Å². The standard InChI is InChI=1S/C27H34Cl2N2O3S.ClH/c28-25-10-6-19(17-26(25)29)16-24-23-18-21(34-15-12-30-35(32,33)22-4-3-5-22)9-7-20(23)8-11-27(24)31-13-1-2-14-31;/h6-7,9-10,17-18,22,24,27,30H,1-5,8,11-16H2;1H. The molecule has 5 nitrogen and oxygen atoms in total. The first-order chi connectivity index (χ1) is 16.9. The van der Waals surface area contributed by atoms with Gasteiger partial charge in [0.25, 0.3) is 0 Å². The number of aryl methyl sites for hydroxylation is 1.